The zero-order valence-corrected chi connectivity index (χ0v) is 9.00. The molecular weight excluding hydrogens is 206 g/mol. The van der Waals surface area contributed by atoms with Crippen LogP contribution in [0.3, 0.4) is 0 Å². The fourth-order valence-electron chi connectivity index (χ4n) is 1.63. The normalized spacial score (nSPS) is 15.5. The Morgan fingerprint density at radius 2 is 2.00 bits per heavy atom. The quantitative estimate of drug-likeness (QED) is 0.785. The molecule has 1 saturated carbocycles. The molecular formula is C11H11N3S. The molecule has 0 bridgehead atoms. The zero-order valence-electron chi connectivity index (χ0n) is 8.18. The molecule has 0 saturated heterocycles. The van der Waals surface area contributed by atoms with Gasteiger partial charge < -0.3 is 0 Å². The molecule has 1 fully saturated rings. The summed E-state index contributed by atoms with van der Waals surface area (Å²) in [4.78, 5) is 4.37. The van der Waals surface area contributed by atoms with Gasteiger partial charge in [-0.25, -0.2) is 9.67 Å². The van der Waals surface area contributed by atoms with Crippen molar-refractivity contribution in [3.63, 3.8) is 0 Å². The van der Waals surface area contributed by atoms with Crippen molar-refractivity contribution >= 4 is 12.2 Å². The van der Waals surface area contributed by atoms with E-state index in [0.717, 1.165) is 11.5 Å². The number of aromatic amines is 1. The molecule has 1 aliphatic carbocycles. The summed E-state index contributed by atoms with van der Waals surface area (Å²) in [5.41, 5.74) is 1.04. The molecule has 0 unspecified atom stereocenters. The second kappa shape index (κ2) is 3.31. The summed E-state index contributed by atoms with van der Waals surface area (Å²) in [6.07, 6.45) is 2.47. The number of H-pyrrole nitrogens is 1. The van der Waals surface area contributed by atoms with Gasteiger partial charge in [-0.3, -0.25) is 5.10 Å². The molecule has 0 spiro atoms. The van der Waals surface area contributed by atoms with Crippen LogP contribution in [0.2, 0.25) is 0 Å². The van der Waals surface area contributed by atoms with Gasteiger partial charge in [0, 0.05) is 5.92 Å². The van der Waals surface area contributed by atoms with Gasteiger partial charge in [-0.05, 0) is 37.2 Å². The molecule has 3 nitrogen and oxygen atoms in total. The molecule has 0 atom stereocenters. The molecule has 1 N–H and O–H groups in total. The number of para-hydroxylation sites is 1. The molecule has 2 aromatic rings. The first-order valence-corrected chi connectivity index (χ1v) is 5.50. The van der Waals surface area contributed by atoms with E-state index in [9.17, 15) is 0 Å². The van der Waals surface area contributed by atoms with Gasteiger partial charge in [0.1, 0.15) is 5.82 Å². The fourth-order valence-corrected chi connectivity index (χ4v) is 1.88. The van der Waals surface area contributed by atoms with Crippen LogP contribution in [0.4, 0.5) is 0 Å². The summed E-state index contributed by atoms with van der Waals surface area (Å²) in [6.45, 7) is 0. The molecule has 15 heavy (non-hydrogen) atoms. The third kappa shape index (κ3) is 1.61. The van der Waals surface area contributed by atoms with E-state index >= 15 is 0 Å². The van der Waals surface area contributed by atoms with E-state index in [1.807, 2.05) is 35.0 Å². The van der Waals surface area contributed by atoms with Crippen molar-refractivity contribution in [2.45, 2.75) is 18.8 Å². The molecule has 0 aliphatic heterocycles. The Kier molecular flexibility index (Phi) is 1.95. The van der Waals surface area contributed by atoms with Gasteiger partial charge in [0.25, 0.3) is 0 Å². The smallest absolute Gasteiger partial charge is 0.220 e. The first-order valence-electron chi connectivity index (χ1n) is 5.09. The maximum absolute atomic E-state index is 5.22. The van der Waals surface area contributed by atoms with E-state index in [1.54, 1.807) is 0 Å². The molecule has 0 amide bonds. The van der Waals surface area contributed by atoms with Crippen molar-refractivity contribution in [1.29, 1.82) is 0 Å². The van der Waals surface area contributed by atoms with Gasteiger partial charge in [-0.2, -0.15) is 0 Å². The standard InChI is InChI=1S/C11H11N3S/c15-11-12-10(8-6-7-8)13-14(11)9-4-2-1-3-5-9/h1-5,8H,6-7H2,(H,12,13,15). The molecule has 1 aliphatic rings. The maximum Gasteiger partial charge on any atom is 0.220 e. The van der Waals surface area contributed by atoms with E-state index < -0.39 is 0 Å². The highest BCUT2D eigenvalue weighted by Gasteiger charge is 2.27. The Balaban J connectivity index is 2.08. The van der Waals surface area contributed by atoms with Crippen LogP contribution >= 0.6 is 12.2 Å². The SMILES string of the molecule is S=c1nc(C2CC2)[nH]n1-c1ccccc1. The Labute approximate surface area is 92.8 Å². The largest absolute Gasteiger partial charge is 0.278 e. The Hall–Kier alpha value is -1.42. The van der Waals surface area contributed by atoms with E-state index in [0.29, 0.717) is 10.7 Å². The van der Waals surface area contributed by atoms with Crippen molar-refractivity contribution in [3.05, 3.63) is 40.9 Å². The topological polar surface area (TPSA) is 33.6 Å². The second-order valence-electron chi connectivity index (χ2n) is 3.84. The molecule has 0 radical (unpaired) electrons. The second-order valence-corrected chi connectivity index (χ2v) is 4.20. The van der Waals surface area contributed by atoms with E-state index in [2.05, 4.69) is 10.1 Å². The van der Waals surface area contributed by atoms with Crippen LogP contribution in [0.5, 0.6) is 0 Å². The lowest BCUT2D eigenvalue weighted by molar-refractivity contribution is 0.829. The van der Waals surface area contributed by atoms with Crippen molar-refractivity contribution in [3.8, 4) is 5.69 Å². The van der Waals surface area contributed by atoms with Crippen LogP contribution in [0, 0.1) is 4.77 Å². The van der Waals surface area contributed by atoms with Gasteiger partial charge in [-0.15, -0.1) is 0 Å². The van der Waals surface area contributed by atoms with E-state index in [1.165, 1.54) is 12.8 Å². The minimum absolute atomic E-state index is 0.608. The third-order valence-electron chi connectivity index (χ3n) is 2.61. The highest BCUT2D eigenvalue weighted by atomic mass is 32.1. The summed E-state index contributed by atoms with van der Waals surface area (Å²) < 4.78 is 2.48. The highest BCUT2D eigenvalue weighted by molar-refractivity contribution is 7.71. The lowest BCUT2D eigenvalue weighted by atomic mass is 10.3. The van der Waals surface area contributed by atoms with Gasteiger partial charge in [-0.1, -0.05) is 18.2 Å². The van der Waals surface area contributed by atoms with Crippen molar-refractivity contribution in [1.82, 2.24) is 14.8 Å². The summed E-state index contributed by atoms with van der Waals surface area (Å²) in [5, 5.41) is 3.26. The Morgan fingerprint density at radius 1 is 1.27 bits per heavy atom. The third-order valence-corrected chi connectivity index (χ3v) is 2.89. The fraction of sp³-hybridized carbons (Fsp3) is 0.273. The first kappa shape index (κ1) is 8.85. The van der Waals surface area contributed by atoms with Crippen molar-refractivity contribution < 1.29 is 0 Å². The highest BCUT2D eigenvalue weighted by Crippen LogP contribution is 2.37. The average Bonchev–Trinajstić information content (AvgIpc) is 3.04. The molecule has 1 heterocycles. The minimum Gasteiger partial charge on any atom is -0.278 e. The van der Waals surface area contributed by atoms with Crippen LogP contribution in [0.1, 0.15) is 24.6 Å². The predicted molar refractivity (Wildman–Crippen MR) is 60.7 cm³/mol. The molecule has 1 aromatic carbocycles. The van der Waals surface area contributed by atoms with E-state index in [-0.39, 0.29) is 0 Å². The van der Waals surface area contributed by atoms with E-state index in [4.69, 9.17) is 12.2 Å². The van der Waals surface area contributed by atoms with Gasteiger partial charge in [0.05, 0.1) is 5.69 Å². The lowest BCUT2D eigenvalue weighted by Gasteiger charge is -1.99. The monoisotopic (exact) mass is 217 g/mol. The summed E-state index contributed by atoms with van der Waals surface area (Å²) >= 11 is 5.22. The van der Waals surface area contributed by atoms with Crippen LogP contribution < -0.4 is 0 Å². The average molecular weight is 217 g/mol. The molecule has 3 rings (SSSR count). The number of hydrogen-bond acceptors (Lipinski definition) is 2. The molecule has 76 valence electrons. The Bertz CT molecular complexity index is 522. The number of benzene rings is 1. The van der Waals surface area contributed by atoms with Crippen molar-refractivity contribution in [2.24, 2.45) is 0 Å². The number of nitrogens with zero attached hydrogens (tertiary/aromatic N) is 2. The first-order chi connectivity index (χ1) is 7.34. The predicted octanol–water partition coefficient (Wildman–Crippen LogP) is 2.81. The molecule has 1 aromatic heterocycles. The van der Waals surface area contributed by atoms with Crippen molar-refractivity contribution in [2.75, 3.05) is 0 Å². The number of rotatable bonds is 2. The van der Waals surface area contributed by atoms with Gasteiger partial charge in [0.2, 0.25) is 4.77 Å². The van der Waals surface area contributed by atoms with Gasteiger partial charge >= 0.3 is 0 Å². The summed E-state index contributed by atoms with van der Waals surface area (Å²) in [7, 11) is 0. The van der Waals surface area contributed by atoms with Crippen LogP contribution in [0.25, 0.3) is 5.69 Å². The van der Waals surface area contributed by atoms with Gasteiger partial charge in [0.15, 0.2) is 0 Å². The number of aromatic nitrogens is 3. The van der Waals surface area contributed by atoms with Crippen LogP contribution in [0.15, 0.2) is 30.3 Å². The number of nitrogens with one attached hydrogen (secondary N) is 1. The molecule has 4 heteroatoms. The zero-order chi connectivity index (χ0) is 10.3. The summed E-state index contributed by atoms with van der Waals surface area (Å²) in [5.74, 6) is 1.64. The van der Waals surface area contributed by atoms with Crippen LogP contribution in [-0.4, -0.2) is 14.8 Å². The Morgan fingerprint density at radius 3 is 2.67 bits per heavy atom. The number of hydrogen-bond donors (Lipinski definition) is 1. The lowest BCUT2D eigenvalue weighted by Crippen LogP contribution is -1.96. The van der Waals surface area contributed by atoms with Crippen LogP contribution in [-0.2, 0) is 0 Å². The minimum atomic E-state index is 0.608. The maximum atomic E-state index is 5.22. The summed E-state index contributed by atoms with van der Waals surface area (Å²) in [6, 6.07) is 10.0.